The first kappa shape index (κ1) is 20.7. The van der Waals surface area contributed by atoms with Gasteiger partial charge >= 0.3 is 0 Å². The molecule has 2 unspecified atom stereocenters. The van der Waals surface area contributed by atoms with E-state index in [0.717, 1.165) is 34.6 Å². The Kier molecular flexibility index (Phi) is 5.73. The summed E-state index contributed by atoms with van der Waals surface area (Å²) in [4.78, 5) is 24.5. The molecule has 1 amide bonds. The van der Waals surface area contributed by atoms with Gasteiger partial charge in [0, 0.05) is 28.7 Å². The van der Waals surface area contributed by atoms with Crippen LogP contribution in [-0.4, -0.2) is 17.5 Å². The van der Waals surface area contributed by atoms with Crippen molar-refractivity contribution in [2.75, 3.05) is 11.6 Å². The topological polar surface area (TPSA) is 57.6 Å². The minimum atomic E-state index is -3.99. The molecule has 4 nitrogen and oxygen atoms in total. The molecule has 0 aliphatic carbocycles. The summed E-state index contributed by atoms with van der Waals surface area (Å²) >= 11 is 7.36. The van der Waals surface area contributed by atoms with Crippen LogP contribution in [0.25, 0.3) is 10.1 Å². The van der Waals surface area contributed by atoms with Crippen molar-refractivity contribution in [2.45, 2.75) is 5.66 Å². The normalized spacial score (nSPS) is 14.5. The zero-order chi connectivity index (χ0) is 20.6. The monoisotopic (exact) mass is 441 g/mol. The summed E-state index contributed by atoms with van der Waals surface area (Å²) in [5, 5.41) is 2.63. The van der Waals surface area contributed by atoms with E-state index in [1.54, 1.807) is 23.6 Å². The molecule has 146 valence electrons. The molecule has 0 aliphatic rings. The number of thiophene rings is 1. The lowest BCUT2D eigenvalue weighted by Crippen LogP contribution is -2.30. The summed E-state index contributed by atoms with van der Waals surface area (Å²) in [5.74, 6) is -3.00. The maximum absolute atomic E-state index is 13.6. The molecule has 0 fully saturated rings. The zero-order valence-electron chi connectivity index (χ0n) is 14.6. The molecular formula is C19H15ClF2NO3PS. The highest BCUT2D eigenvalue weighted by atomic mass is 35.5. The molecule has 3 rings (SSSR count). The first-order chi connectivity index (χ1) is 13.1. The number of hydrogen-bond acceptors (Lipinski definition) is 3. The average molecular weight is 442 g/mol. The Labute approximate surface area is 169 Å². The van der Waals surface area contributed by atoms with Gasteiger partial charge in [0.1, 0.15) is 5.66 Å². The van der Waals surface area contributed by atoms with E-state index in [0.29, 0.717) is 16.0 Å². The summed E-state index contributed by atoms with van der Waals surface area (Å²) < 4.78 is 40.3. The second kappa shape index (κ2) is 7.76. The number of halogens is 3. The summed E-state index contributed by atoms with van der Waals surface area (Å²) in [5.41, 5.74) is -1.09. The van der Waals surface area contributed by atoms with E-state index in [1.807, 2.05) is 0 Å². The Morgan fingerprint density at radius 3 is 2.61 bits per heavy atom. The Hall–Kier alpha value is -2.05. The van der Waals surface area contributed by atoms with Crippen molar-refractivity contribution in [2.24, 2.45) is 0 Å². The van der Waals surface area contributed by atoms with Gasteiger partial charge in [-0.25, -0.2) is 8.78 Å². The minimum Gasteiger partial charge on any atom is -0.344 e. The Morgan fingerprint density at radius 1 is 1.29 bits per heavy atom. The lowest BCUT2D eigenvalue weighted by molar-refractivity contribution is -0.117. The average Bonchev–Trinajstić information content (AvgIpc) is 3.00. The third-order valence-corrected chi connectivity index (χ3v) is 6.85. The van der Waals surface area contributed by atoms with E-state index >= 15 is 0 Å². The van der Waals surface area contributed by atoms with Crippen molar-refractivity contribution in [3.63, 3.8) is 0 Å². The third-order valence-electron chi connectivity index (χ3n) is 4.17. The van der Waals surface area contributed by atoms with Crippen LogP contribution in [0.2, 0.25) is 5.02 Å². The highest BCUT2D eigenvalue weighted by Gasteiger charge is 2.39. The smallest absolute Gasteiger partial charge is 0.248 e. The maximum Gasteiger partial charge on any atom is 0.248 e. The minimum absolute atomic E-state index is 0.00471. The molecule has 0 saturated carbocycles. The highest BCUT2D eigenvalue weighted by Crippen LogP contribution is 2.55. The SMILES string of the molecule is C=CN(C(=O)C(c1csc2ccc(Cl)cc12)P(C)(=O)O)c1ccc(F)c(F)c1. The fraction of sp³-hybridized carbons (Fsp3) is 0.105. The first-order valence-corrected chi connectivity index (χ1v) is 11.4. The van der Waals surface area contributed by atoms with Gasteiger partial charge in [0.05, 0.1) is 5.69 Å². The molecule has 0 spiro atoms. The molecule has 0 bridgehead atoms. The number of rotatable bonds is 5. The van der Waals surface area contributed by atoms with Gasteiger partial charge in [-0.1, -0.05) is 18.2 Å². The molecule has 2 atom stereocenters. The van der Waals surface area contributed by atoms with Crippen LogP contribution in [0.4, 0.5) is 14.5 Å². The predicted octanol–water partition coefficient (Wildman–Crippen LogP) is 5.95. The zero-order valence-corrected chi connectivity index (χ0v) is 17.1. The largest absolute Gasteiger partial charge is 0.344 e. The van der Waals surface area contributed by atoms with Gasteiger partial charge in [-0.2, -0.15) is 0 Å². The van der Waals surface area contributed by atoms with E-state index in [1.165, 1.54) is 17.4 Å². The van der Waals surface area contributed by atoms with Crippen LogP contribution in [0.5, 0.6) is 0 Å². The molecule has 0 radical (unpaired) electrons. The Balaban J connectivity index is 2.14. The van der Waals surface area contributed by atoms with Crippen molar-refractivity contribution in [1.82, 2.24) is 0 Å². The molecule has 3 aromatic rings. The van der Waals surface area contributed by atoms with Gasteiger partial charge in [-0.05, 0) is 46.7 Å². The maximum atomic E-state index is 13.6. The van der Waals surface area contributed by atoms with Crippen molar-refractivity contribution in [3.8, 4) is 0 Å². The van der Waals surface area contributed by atoms with Gasteiger partial charge in [-0.3, -0.25) is 14.3 Å². The van der Waals surface area contributed by atoms with Gasteiger partial charge in [0.25, 0.3) is 0 Å². The Morgan fingerprint density at radius 2 is 2.00 bits per heavy atom. The van der Waals surface area contributed by atoms with Gasteiger partial charge in [0.2, 0.25) is 13.3 Å². The van der Waals surface area contributed by atoms with Gasteiger partial charge < -0.3 is 4.89 Å². The third kappa shape index (κ3) is 3.89. The second-order valence-electron chi connectivity index (χ2n) is 6.17. The number of anilines is 1. The number of nitrogens with zero attached hydrogens (tertiary/aromatic N) is 1. The fourth-order valence-electron chi connectivity index (χ4n) is 2.92. The number of fused-ring (bicyclic) bond motifs is 1. The lowest BCUT2D eigenvalue weighted by atomic mass is 10.1. The van der Waals surface area contributed by atoms with Crippen molar-refractivity contribution < 1.29 is 23.0 Å². The summed E-state index contributed by atoms with van der Waals surface area (Å²) in [6.45, 7) is 4.61. The van der Waals surface area contributed by atoms with Crippen LogP contribution in [0.3, 0.4) is 0 Å². The van der Waals surface area contributed by atoms with Crippen molar-refractivity contribution in [3.05, 3.63) is 76.8 Å². The van der Waals surface area contributed by atoms with E-state index in [4.69, 9.17) is 11.6 Å². The van der Waals surface area contributed by atoms with E-state index in [9.17, 15) is 23.0 Å². The Bertz CT molecular complexity index is 1130. The fourth-order valence-corrected chi connectivity index (χ4v) is 5.42. The lowest BCUT2D eigenvalue weighted by Gasteiger charge is -2.26. The standard InChI is InChI=1S/C19H15ClF2NO3PS/c1-3-23(12-5-6-15(21)16(22)9-12)19(24)18(27(2,25)26)14-10-28-17-7-4-11(20)8-13(14)17/h3-10,18H,1H2,2H3,(H,25,26). The van der Waals surface area contributed by atoms with Crippen LogP contribution >= 0.6 is 30.3 Å². The van der Waals surface area contributed by atoms with E-state index in [-0.39, 0.29) is 5.69 Å². The number of benzene rings is 2. The van der Waals surface area contributed by atoms with Crippen LogP contribution in [0.1, 0.15) is 11.2 Å². The quantitative estimate of drug-likeness (QED) is 0.498. The predicted molar refractivity (Wildman–Crippen MR) is 109 cm³/mol. The number of amides is 1. The second-order valence-corrected chi connectivity index (χ2v) is 9.92. The summed E-state index contributed by atoms with van der Waals surface area (Å²) in [6.07, 6.45) is 1.10. The molecule has 0 aliphatic heterocycles. The van der Waals surface area contributed by atoms with Crippen LogP contribution in [0.15, 0.2) is 54.6 Å². The number of hydrogen-bond donors (Lipinski definition) is 1. The number of carbonyl (C=O) groups is 1. The van der Waals surface area contributed by atoms with Gasteiger partial charge in [0.15, 0.2) is 11.6 Å². The van der Waals surface area contributed by atoms with E-state index in [2.05, 4.69) is 6.58 Å². The molecule has 28 heavy (non-hydrogen) atoms. The molecule has 0 saturated heterocycles. The van der Waals surface area contributed by atoms with Crippen molar-refractivity contribution in [1.29, 1.82) is 0 Å². The summed E-state index contributed by atoms with van der Waals surface area (Å²) in [7, 11) is -3.99. The van der Waals surface area contributed by atoms with Gasteiger partial charge in [-0.15, -0.1) is 11.3 Å². The molecular weight excluding hydrogens is 427 g/mol. The van der Waals surface area contributed by atoms with E-state index < -0.39 is 30.6 Å². The van der Waals surface area contributed by atoms with Crippen molar-refractivity contribution >= 4 is 52.0 Å². The molecule has 1 N–H and O–H groups in total. The summed E-state index contributed by atoms with van der Waals surface area (Å²) in [6, 6.07) is 7.94. The van der Waals surface area contributed by atoms with Crippen LogP contribution in [0, 0.1) is 11.6 Å². The highest BCUT2D eigenvalue weighted by molar-refractivity contribution is 7.58. The molecule has 1 aromatic heterocycles. The molecule has 1 heterocycles. The number of carbonyl (C=O) groups excluding carboxylic acids is 1. The first-order valence-electron chi connectivity index (χ1n) is 8.00. The molecule has 2 aromatic carbocycles. The van der Waals surface area contributed by atoms with Crippen LogP contribution < -0.4 is 4.90 Å². The molecule has 9 heteroatoms. The van der Waals surface area contributed by atoms with Crippen LogP contribution in [-0.2, 0) is 9.36 Å².